The summed E-state index contributed by atoms with van der Waals surface area (Å²) in [5.74, 6) is 1.31. The molecule has 0 aliphatic carbocycles. The first-order valence-electron chi connectivity index (χ1n) is 6.42. The number of benzene rings is 1. The van der Waals surface area contributed by atoms with Gasteiger partial charge in [-0.05, 0) is 31.2 Å². The number of thiophene rings is 1. The van der Waals surface area contributed by atoms with E-state index in [0.29, 0.717) is 11.5 Å². The molecular weight excluding hydrogens is 282 g/mol. The molecule has 0 saturated carbocycles. The quantitative estimate of drug-likeness (QED) is 0.771. The second kappa shape index (κ2) is 5.38. The van der Waals surface area contributed by atoms with Gasteiger partial charge in [0.1, 0.15) is 10.6 Å². The van der Waals surface area contributed by atoms with Crippen LogP contribution in [0.5, 0.6) is 0 Å². The third kappa shape index (κ3) is 2.64. The van der Waals surface area contributed by atoms with E-state index in [2.05, 4.69) is 32.7 Å². The number of hydrogen-bond acceptors (Lipinski definition) is 6. The van der Waals surface area contributed by atoms with E-state index in [0.717, 1.165) is 21.7 Å². The minimum Gasteiger partial charge on any atom is -0.357 e. The summed E-state index contributed by atoms with van der Waals surface area (Å²) in [6, 6.07) is 11.5. The van der Waals surface area contributed by atoms with Crippen molar-refractivity contribution in [3.05, 3.63) is 40.8 Å². The molecule has 2 aromatic heterocycles. The van der Waals surface area contributed by atoms with E-state index < -0.39 is 0 Å². The maximum Gasteiger partial charge on any atom is 0.225 e. The highest BCUT2D eigenvalue weighted by atomic mass is 32.1. The molecule has 3 rings (SSSR count). The van der Waals surface area contributed by atoms with Crippen molar-refractivity contribution in [2.75, 3.05) is 17.7 Å². The van der Waals surface area contributed by atoms with E-state index in [1.165, 1.54) is 4.88 Å². The van der Waals surface area contributed by atoms with Crippen molar-refractivity contribution in [3.8, 4) is 6.07 Å². The number of hydrogen-bond donors (Lipinski definition) is 2. The van der Waals surface area contributed by atoms with Gasteiger partial charge in [0.15, 0.2) is 0 Å². The highest BCUT2D eigenvalue weighted by molar-refractivity contribution is 7.18. The maximum atomic E-state index is 8.97. The lowest BCUT2D eigenvalue weighted by Crippen LogP contribution is -2.00. The lowest BCUT2D eigenvalue weighted by molar-refractivity contribution is 1.20. The third-order valence-corrected chi connectivity index (χ3v) is 3.94. The summed E-state index contributed by atoms with van der Waals surface area (Å²) in [5, 5.41) is 16.2. The van der Waals surface area contributed by atoms with Crippen molar-refractivity contribution in [1.82, 2.24) is 9.97 Å². The molecule has 21 heavy (non-hydrogen) atoms. The fourth-order valence-electron chi connectivity index (χ4n) is 2.05. The Hall–Kier alpha value is -2.65. The van der Waals surface area contributed by atoms with Crippen LogP contribution in [0.1, 0.15) is 10.4 Å². The second-order valence-corrected chi connectivity index (χ2v) is 5.77. The molecule has 1 aromatic carbocycles. The topological polar surface area (TPSA) is 73.6 Å². The molecule has 5 nitrogen and oxygen atoms in total. The molecule has 0 unspecified atom stereocenters. The van der Waals surface area contributed by atoms with E-state index in [1.54, 1.807) is 30.5 Å². The van der Waals surface area contributed by atoms with Crippen molar-refractivity contribution < 1.29 is 0 Å². The van der Waals surface area contributed by atoms with Gasteiger partial charge in [0.25, 0.3) is 0 Å². The number of rotatable bonds is 3. The molecule has 0 amide bonds. The van der Waals surface area contributed by atoms with Crippen LogP contribution in [0, 0.1) is 18.3 Å². The fraction of sp³-hybridized carbons (Fsp3) is 0.133. The van der Waals surface area contributed by atoms with Crippen molar-refractivity contribution >= 4 is 39.0 Å². The van der Waals surface area contributed by atoms with E-state index >= 15 is 0 Å². The van der Waals surface area contributed by atoms with Gasteiger partial charge in [0, 0.05) is 17.6 Å². The molecule has 0 bridgehead atoms. The summed E-state index contributed by atoms with van der Waals surface area (Å²) in [4.78, 5) is 11.0. The minimum absolute atomic E-state index is 0.572. The van der Waals surface area contributed by atoms with Crippen LogP contribution in [0.2, 0.25) is 0 Å². The average molecular weight is 295 g/mol. The summed E-state index contributed by atoms with van der Waals surface area (Å²) >= 11 is 1.63. The van der Waals surface area contributed by atoms with Gasteiger partial charge in [-0.25, -0.2) is 4.98 Å². The number of nitrogens with one attached hydrogen (secondary N) is 2. The third-order valence-electron chi connectivity index (χ3n) is 2.99. The summed E-state index contributed by atoms with van der Waals surface area (Å²) < 4.78 is 0. The van der Waals surface area contributed by atoms with Crippen molar-refractivity contribution in [1.29, 1.82) is 5.26 Å². The molecule has 104 valence electrons. The predicted octanol–water partition coefficient (Wildman–Crippen LogP) is 3.66. The Balaban J connectivity index is 2.08. The second-order valence-electron chi connectivity index (χ2n) is 4.54. The molecular formula is C15H13N5S. The first-order valence-corrected chi connectivity index (χ1v) is 7.24. The highest BCUT2D eigenvalue weighted by Crippen LogP contribution is 2.31. The lowest BCUT2D eigenvalue weighted by atomic mass is 10.2. The molecule has 0 aliphatic rings. The van der Waals surface area contributed by atoms with Crippen LogP contribution in [0.4, 0.5) is 17.5 Å². The van der Waals surface area contributed by atoms with Gasteiger partial charge in [-0.1, -0.05) is 6.07 Å². The predicted molar refractivity (Wildman–Crippen MR) is 86.1 cm³/mol. The number of aryl methyl sites for hydroxylation is 1. The maximum absolute atomic E-state index is 8.97. The van der Waals surface area contributed by atoms with Crippen molar-refractivity contribution in [3.63, 3.8) is 0 Å². The van der Waals surface area contributed by atoms with Gasteiger partial charge in [0.2, 0.25) is 5.95 Å². The van der Waals surface area contributed by atoms with Crippen LogP contribution in [0.15, 0.2) is 30.3 Å². The van der Waals surface area contributed by atoms with Crippen LogP contribution in [-0.4, -0.2) is 17.0 Å². The summed E-state index contributed by atoms with van der Waals surface area (Å²) in [5.41, 5.74) is 1.44. The Morgan fingerprint density at radius 3 is 2.86 bits per heavy atom. The summed E-state index contributed by atoms with van der Waals surface area (Å²) in [7, 11) is 1.79. The molecule has 2 N–H and O–H groups in total. The van der Waals surface area contributed by atoms with Crippen LogP contribution in [0.3, 0.4) is 0 Å². The largest absolute Gasteiger partial charge is 0.357 e. The normalized spacial score (nSPS) is 10.3. The Kier molecular flexibility index (Phi) is 3.42. The van der Waals surface area contributed by atoms with Gasteiger partial charge in [-0.2, -0.15) is 10.2 Å². The molecule has 0 fully saturated rings. The molecule has 0 radical (unpaired) electrons. The first-order chi connectivity index (χ1) is 10.2. The summed E-state index contributed by atoms with van der Waals surface area (Å²) in [6.07, 6.45) is 0. The standard InChI is InChI=1S/C15H13N5S/c1-9-6-12-13(19-15(17-2)20-14(12)21-9)18-11-5-3-4-10(7-11)8-16/h3-7H,1-2H3,(H2,17,18,19,20). The zero-order valence-corrected chi connectivity index (χ0v) is 12.5. The van der Waals surface area contributed by atoms with E-state index in [4.69, 9.17) is 5.26 Å². The fourth-order valence-corrected chi connectivity index (χ4v) is 2.93. The van der Waals surface area contributed by atoms with E-state index in [1.807, 2.05) is 19.1 Å². The van der Waals surface area contributed by atoms with Gasteiger partial charge >= 0.3 is 0 Å². The average Bonchev–Trinajstić information content (AvgIpc) is 2.88. The zero-order chi connectivity index (χ0) is 14.8. The van der Waals surface area contributed by atoms with Crippen molar-refractivity contribution in [2.24, 2.45) is 0 Å². The van der Waals surface area contributed by atoms with Crippen LogP contribution in [0.25, 0.3) is 10.2 Å². The molecule has 0 spiro atoms. The monoisotopic (exact) mass is 295 g/mol. The highest BCUT2D eigenvalue weighted by Gasteiger charge is 2.10. The first kappa shape index (κ1) is 13.3. The van der Waals surface area contributed by atoms with E-state index in [-0.39, 0.29) is 0 Å². The lowest BCUT2D eigenvalue weighted by Gasteiger charge is -2.08. The van der Waals surface area contributed by atoms with Crippen LogP contribution in [-0.2, 0) is 0 Å². The smallest absolute Gasteiger partial charge is 0.225 e. The van der Waals surface area contributed by atoms with E-state index in [9.17, 15) is 0 Å². The summed E-state index contributed by atoms with van der Waals surface area (Å²) in [6.45, 7) is 2.05. The number of fused-ring (bicyclic) bond motifs is 1. The van der Waals surface area contributed by atoms with Crippen molar-refractivity contribution in [2.45, 2.75) is 6.92 Å². The Morgan fingerprint density at radius 2 is 2.10 bits per heavy atom. The zero-order valence-electron chi connectivity index (χ0n) is 11.6. The SMILES string of the molecule is CNc1nc(Nc2cccc(C#N)c2)c2cc(C)sc2n1. The number of aromatic nitrogens is 2. The molecule has 6 heteroatoms. The molecule has 3 aromatic rings. The van der Waals surface area contributed by atoms with Gasteiger partial charge in [-0.15, -0.1) is 11.3 Å². The Bertz CT molecular complexity index is 847. The van der Waals surface area contributed by atoms with Crippen LogP contribution >= 0.6 is 11.3 Å². The Labute approximate surface area is 126 Å². The number of nitriles is 1. The van der Waals surface area contributed by atoms with Gasteiger partial charge < -0.3 is 10.6 Å². The number of nitrogens with zero attached hydrogens (tertiary/aromatic N) is 3. The Morgan fingerprint density at radius 1 is 1.24 bits per heavy atom. The molecule has 0 aliphatic heterocycles. The molecule has 2 heterocycles. The minimum atomic E-state index is 0.572. The van der Waals surface area contributed by atoms with Gasteiger partial charge in [-0.3, -0.25) is 0 Å². The van der Waals surface area contributed by atoms with Crippen LogP contribution < -0.4 is 10.6 Å². The number of anilines is 3. The van der Waals surface area contributed by atoms with Gasteiger partial charge in [0.05, 0.1) is 17.0 Å². The molecule has 0 atom stereocenters. The molecule has 0 saturated heterocycles.